The first-order valence-corrected chi connectivity index (χ1v) is 7.15. The standard InChI is InChI=1S/C12H21N3S/c1-2-5-13-11-3-6-15(7-4-11)8-12-9-16-10-14-12/h9-11,13H,2-8H2,1H3. The molecule has 90 valence electrons. The Kier molecular flexibility index (Phi) is 4.75. The average molecular weight is 239 g/mol. The van der Waals surface area contributed by atoms with Gasteiger partial charge in [-0.05, 0) is 25.8 Å². The van der Waals surface area contributed by atoms with Gasteiger partial charge in [-0.25, -0.2) is 4.98 Å². The molecule has 0 atom stereocenters. The summed E-state index contributed by atoms with van der Waals surface area (Å²) in [5.41, 5.74) is 3.15. The van der Waals surface area contributed by atoms with E-state index in [1.54, 1.807) is 11.3 Å². The summed E-state index contributed by atoms with van der Waals surface area (Å²) in [5.74, 6) is 0. The third kappa shape index (κ3) is 3.54. The molecule has 0 radical (unpaired) electrons. The molecular weight excluding hydrogens is 218 g/mol. The van der Waals surface area contributed by atoms with Crippen molar-refractivity contribution < 1.29 is 0 Å². The van der Waals surface area contributed by atoms with E-state index in [-0.39, 0.29) is 0 Å². The van der Waals surface area contributed by atoms with Crippen molar-refractivity contribution in [3.63, 3.8) is 0 Å². The SMILES string of the molecule is CCCNC1CCN(Cc2cscn2)CC1. The number of piperidine rings is 1. The van der Waals surface area contributed by atoms with Gasteiger partial charge in [-0.15, -0.1) is 11.3 Å². The summed E-state index contributed by atoms with van der Waals surface area (Å²) in [4.78, 5) is 6.85. The highest BCUT2D eigenvalue weighted by Crippen LogP contribution is 2.13. The number of hydrogen-bond acceptors (Lipinski definition) is 4. The summed E-state index contributed by atoms with van der Waals surface area (Å²) >= 11 is 1.69. The largest absolute Gasteiger partial charge is 0.314 e. The molecule has 2 heterocycles. The molecule has 1 fully saturated rings. The summed E-state index contributed by atoms with van der Waals surface area (Å²) < 4.78 is 0. The number of rotatable bonds is 5. The Hall–Kier alpha value is -0.450. The van der Waals surface area contributed by atoms with Crippen LogP contribution in [-0.4, -0.2) is 35.6 Å². The maximum atomic E-state index is 4.34. The molecule has 0 spiro atoms. The van der Waals surface area contributed by atoms with Crippen LogP contribution in [0.15, 0.2) is 10.9 Å². The molecule has 3 nitrogen and oxygen atoms in total. The van der Waals surface area contributed by atoms with E-state index in [1.165, 1.54) is 38.0 Å². The molecule has 0 aromatic carbocycles. The second-order valence-corrected chi connectivity index (χ2v) is 5.20. The van der Waals surface area contributed by atoms with Crippen LogP contribution in [0.5, 0.6) is 0 Å². The predicted molar refractivity (Wildman–Crippen MR) is 68.7 cm³/mol. The number of hydrogen-bond donors (Lipinski definition) is 1. The van der Waals surface area contributed by atoms with Crippen molar-refractivity contribution in [3.8, 4) is 0 Å². The van der Waals surface area contributed by atoms with Crippen molar-refractivity contribution in [2.75, 3.05) is 19.6 Å². The first-order chi connectivity index (χ1) is 7.88. The van der Waals surface area contributed by atoms with Crippen LogP contribution in [0, 0.1) is 0 Å². The first kappa shape index (κ1) is 12.0. The minimum Gasteiger partial charge on any atom is -0.314 e. The van der Waals surface area contributed by atoms with Gasteiger partial charge in [-0.3, -0.25) is 4.90 Å². The second kappa shape index (κ2) is 6.33. The number of aromatic nitrogens is 1. The normalized spacial score (nSPS) is 19.1. The molecule has 0 aliphatic carbocycles. The van der Waals surface area contributed by atoms with Gasteiger partial charge in [-0.2, -0.15) is 0 Å². The zero-order chi connectivity index (χ0) is 11.2. The van der Waals surface area contributed by atoms with Gasteiger partial charge >= 0.3 is 0 Å². The lowest BCUT2D eigenvalue weighted by molar-refractivity contribution is 0.189. The Morgan fingerprint density at radius 2 is 2.31 bits per heavy atom. The average Bonchev–Trinajstić information content (AvgIpc) is 2.81. The van der Waals surface area contributed by atoms with Gasteiger partial charge in [0.05, 0.1) is 11.2 Å². The van der Waals surface area contributed by atoms with Gasteiger partial charge in [0.15, 0.2) is 0 Å². The van der Waals surface area contributed by atoms with Crippen molar-refractivity contribution in [3.05, 3.63) is 16.6 Å². The van der Waals surface area contributed by atoms with Crippen molar-refractivity contribution in [1.29, 1.82) is 0 Å². The summed E-state index contributed by atoms with van der Waals surface area (Å²) in [7, 11) is 0. The van der Waals surface area contributed by atoms with E-state index in [0.717, 1.165) is 19.1 Å². The molecule has 0 saturated carbocycles. The van der Waals surface area contributed by atoms with Crippen LogP contribution < -0.4 is 5.32 Å². The molecule has 1 aromatic rings. The summed E-state index contributed by atoms with van der Waals surface area (Å²) in [6, 6.07) is 0.742. The van der Waals surface area contributed by atoms with E-state index in [0.29, 0.717) is 0 Å². The molecule has 0 amide bonds. The van der Waals surface area contributed by atoms with Crippen LogP contribution in [0.3, 0.4) is 0 Å². The molecule has 0 bridgehead atoms. The Morgan fingerprint density at radius 1 is 1.50 bits per heavy atom. The predicted octanol–water partition coefficient (Wildman–Crippen LogP) is 2.11. The van der Waals surface area contributed by atoms with Crippen LogP contribution in [-0.2, 0) is 6.54 Å². The lowest BCUT2D eigenvalue weighted by Gasteiger charge is -2.31. The van der Waals surface area contributed by atoms with Crippen LogP contribution in [0.1, 0.15) is 31.9 Å². The van der Waals surface area contributed by atoms with Crippen LogP contribution in [0.4, 0.5) is 0 Å². The quantitative estimate of drug-likeness (QED) is 0.853. The first-order valence-electron chi connectivity index (χ1n) is 6.21. The van der Waals surface area contributed by atoms with Gasteiger partial charge in [0.2, 0.25) is 0 Å². The molecule has 0 unspecified atom stereocenters. The van der Waals surface area contributed by atoms with Gasteiger partial charge in [0.25, 0.3) is 0 Å². The third-order valence-corrected chi connectivity index (χ3v) is 3.77. The topological polar surface area (TPSA) is 28.2 Å². The number of likely N-dealkylation sites (tertiary alicyclic amines) is 1. The third-order valence-electron chi connectivity index (χ3n) is 3.14. The van der Waals surface area contributed by atoms with Crippen molar-refractivity contribution in [1.82, 2.24) is 15.2 Å². The fourth-order valence-electron chi connectivity index (χ4n) is 2.19. The fourth-order valence-corrected chi connectivity index (χ4v) is 2.74. The van der Waals surface area contributed by atoms with Gasteiger partial charge in [0.1, 0.15) is 0 Å². The van der Waals surface area contributed by atoms with Crippen LogP contribution in [0.2, 0.25) is 0 Å². The second-order valence-electron chi connectivity index (χ2n) is 4.48. The minimum absolute atomic E-state index is 0.742. The molecule has 1 aliphatic heterocycles. The van der Waals surface area contributed by atoms with E-state index in [1.807, 2.05) is 5.51 Å². The molecule has 16 heavy (non-hydrogen) atoms. The lowest BCUT2D eigenvalue weighted by Crippen LogP contribution is -2.42. The highest BCUT2D eigenvalue weighted by Gasteiger charge is 2.18. The highest BCUT2D eigenvalue weighted by atomic mass is 32.1. The molecule has 1 aliphatic rings. The summed E-state index contributed by atoms with van der Waals surface area (Å²) in [6.45, 7) is 6.84. The van der Waals surface area contributed by atoms with E-state index in [9.17, 15) is 0 Å². The zero-order valence-corrected chi connectivity index (χ0v) is 10.8. The van der Waals surface area contributed by atoms with Crippen LogP contribution in [0.25, 0.3) is 0 Å². The fraction of sp³-hybridized carbons (Fsp3) is 0.750. The lowest BCUT2D eigenvalue weighted by atomic mass is 10.0. The molecular formula is C12H21N3S. The van der Waals surface area contributed by atoms with Crippen molar-refractivity contribution in [2.45, 2.75) is 38.8 Å². The zero-order valence-electron chi connectivity index (χ0n) is 9.98. The van der Waals surface area contributed by atoms with E-state index in [2.05, 4.69) is 27.5 Å². The number of nitrogens with zero attached hydrogens (tertiary/aromatic N) is 2. The van der Waals surface area contributed by atoms with E-state index >= 15 is 0 Å². The Labute approximate surface area is 102 Å². The van der Waals surface area contributed by atoms with E-state index < -0.39 is 0 Å². The number of nitrogens with one attached hydrogen (secondary N) is 1. The minimum atomic E-state index is 0.742. The Morgan fingerprint density at radius 3 is 2.94 bits per heavy atom. The maximum Gasteiger partial charge on any atom is 0.0795 e. The van der Waals surface area contributed by atoms with E-state index in [4.69, 9.17) is 0 Å². The molecule has 4 heteroatoms. The number of thiazole rings is 1. The van der Waals surface area contributed by atoms with Gasteiger partial charge < -0.3 is 5.32 Å². The van der Waals surface area contributed by atoms with Gasteiger partial charge in [0, 0.05) is 31.1 Å². The van der Waals surface area contributed by atoms with Gasteiger partial charge in [-0.1, -0.05) is 6.92 Å². The molecule has 2 rings (SSSR count). The maximum absolute atomic E-state index is 4.34. The van der Waals surface area contributed by atoms with Crippen molar-refractivity contribution in [2.24, 2.45) is 0 Å². The Balaban J connectivity index is 1.69. The smallest absolute Gasteiger partial charge is 0.0795 e. The molecule has 1 aromatic heterocycles. The Bertz CT molecular complexity index is 278. The van der Waals surface area contributed by atoms with Crippen LogP contribution >= 0.6 is 11.3 Å². The summed E-state index contributed by atoms with van der Waals surface area (Å²) in [5, 5.41) is 5.76. The monoisotopic (exact) mass is 239 g/mol. The summed E-state index contributed by atoms with van der Waals surface area (Å²) in [6.07, 6.45) is 3.80. The molecule has 1 saturated heterocycles. The van der Waals surface area contributed by atoms with Crippen molar-refractivity contribution >= 4 is 11.3 Å². The highest BCUT2D eigenvalue weighted by molar-refractivity contribution is 7.07. The molecule has 1 N–H and O–H groups in total.